The third-order valence-corrected chi connectivity index (χ3v) is 7.61. The first kappa shape index (κ1) is 17.0. The Balaban J connectivity index is 1.89. The molecule has 3 rings (SSSR count). The van der Waals surface area contributed by atoms with Crippen LogP contribution >= 0.6 is 11.8 Å². The molecule has 1 fully saturated rings. The summed E-state index contributed by atoms with van der Waals surface area (Å²) in [4.78, 5) is 5.18. The van der Waals surface area contributed by atoms with Crippen LogP contribution in [-0.4, -0.2) is 15.8 Å². The topological polar surface area (TPSA) is 12.4 Å². The molecule has 126 valence electrons. The minimum absolute atomic E-state index is 0.0921. The summed E-state index contributed by atoms with van der Waals surface area (Å²) >= 11 is 2.04. The van der Waals surface area contributed by atoms with Crippen LogP contribution in [0.3, 0.4) is 0 Å². The van der Waals surface area contributed by atoms with Crippen molar-refractivity contribution in [3.8, 4) is 0 Å². The van der Waals surface area contributed by atoms with E-state index in [-0.39, 0.29) is 16.5 Å². The number of nitrogens with zero attached hydrogens (tertiary/aromatic N) is 1. The van der Waals surface area contributed by atoms with Gasteiger partial charge in [-0.15, -0.1) is 11.8 Å². The van der Waals surface area contributed by atoms with Gasteiger partial charge >= 0.3 is 0 Å². The zero-order valence-corrected chi connectivity index (χ0v) is 15.7. The Morgan fingerprint density at radius 3 is 2.83 bits per heavy atom. The molecular formula is C20H28FNS. The van der Waals surface area contributed by atoms with Gasteiger partial charge in [-0.2, -0.15) is 0 Å². The van der Waals surface area contributed by atoms with Gasteiger partial charge in [-0.1, -0.05) is 31.1 Å². The van der Waals surface area contributed by atoms with E-state index in [1.807, 2.05) is 11.8 Å². The predicted molar refractivity (Wildman–Crippen MR) is 99.6 cm³/mol. The first-order chi connectivity index (χ1) is 10.9. The van der Waals surface area contributed by atoms with Crippen molar-refractivity contribution in [2.75, 3.05) is 0 Å². The summed E-state index contributed by atoms with van der Waals surface area (Å²) in [6.07, 6.45) is 9.16. The molecule has 0 bridgehead atoms. The molecule has 0 radical (unpaired) electrons. The van der Waals surface area contributed by atoms with E-state index in [0.717, 1.165) is 18.4 Å². The average molecular weight is 334 g/mol. The second kappa shape index (κ2) is 6.23. The molecule has 2 aliphatic heterocycles. The van der Waals surface area contributed by atoms with Gasteiger partial charge in [0.25, 0.3) is 0 Å². The molecule has 23 heavy (non-hydrogen) atoms. The van der Waals surface area contributed by atoms with Gasteiger partial charge in [-0.25, -0.2) is 4.39 Å². The zero-order valence-electron chi connectivity index (χ0n) is 14.9. The molecule has 2 heterocycles. The highest BCUT2D eigenvalue weighted by atomic mass is 32.2. The number of aliphatic imine (C=N–C) groups is 1. The van der Waals surface area contributed by atoms with Crippen LogP contribution in [0.25, 0.3) is 0 Å². The van der Waals surface area contributed by atoms with Gasteiger partial charge in [0.15, 0.2) is 0 Å². The van der Waals surface area contributed by atoms with Crippen LogP contribution in [0, 0.1) is 17.8 Å². The largest absolute Gasteiger partial charge is 0.279 e. The zero-order chi connectivity index (χ0) is 16.8. The van der Waals surface area contributed by atoms with Gasteiger partial charge in [0, 0.05) is 22.3 Å². The Hall–Kier alpha value is -0.830. The molecule has 1 nitrogen and oxygen atoms in total. The van der Waals surface area contributed by atoms with Gasteiger partial charge in [0.2, 0.25) is 0 Å². The maximum atomic E-state index is 13.6. The molecule has 0 saturated carbocycles. The molecule has 0 aromatic carbocycles. The highest BCUT2D eigenvalue weighted by molar-refractivity contribution is 8.01. The van der Waals surface area contributed by atoms with E-state index in [9.17, 15) is 4.39 Å². The third kappa shape index (κ3) is 2.86. The minimum Gasteiger partial charge on any atom is -0.279 e. The Morgan fingerprint density at radius 2 is 2.22 bits per heavy atom. The van der Waals surface area contributed by atoms with Crippen LogP contribution < -0.4 is 0 Å². The molecule has 5 atom stereocenters. The average Bonchev–Trinajstić information content (AvgIpc) is 2.77. The lowest BCUT2D eigenvalue weighted by molar-refractivity contribution is 0.488. The molecule has 0 aromatic rings. The lowest BCUT2D eigenvalue weighted by Gasteiger charge is -2.32. The van der Waals surface area contributed by atoms with Crippen LogP contribution in [-0.2, 0) is 0 Å². The van der Waals surface area contributed by atoms with E-state index in [2.05, 4.69) is 40.7 Å². The van der Waals surface area contributed by atoms with Gasteiger partial charge in [-0.3, -0.25) is 4.99 Å². The van der Waals surface area contributed by atoms with Crippen molar-refractivity contribution in [2.45, 2.75) is 64.0 Å². The Morgan fingerprint density at radius 1 is 1.48 bits per heavy atom. The first-order valence-corrected chi connectivity index (χ1v) is 9.74. The Kier molecular flexibility index (Phi) is 4.61. The molecular weight excluding hydrogens is 305 g/mol. The predicted octanol–water partition coefficient (Wildman–Crippen LogP) is 6.09. The van der Waals surface area contributed by atoms with E-state index >= 15 is 0 Å². The normalized spacial score (nSPS) is 42.2. The second-order valence-electron chi connectivity index (χ2n) is 7.38. The monoisotopic (exact) mass is 333 g/mol. The third-order valence-electron chi connectivity index (χ3n) is 5.89. The van der Waals surface area contributed by atoms with Gasteiger partial charge in [0.05, 0.1) is 0 Å². The summed E-state index contributed by atoms with van der Waals surface area (Å²) in [5.74, 6) is 0.999. The molecule has 0 spiro atoms. The van der Waals surface area contributed by atoms with E-state index in [0.29, 0.717) is 17.2 Å². The SMILES string of the molecule is C/C=C1/C2CCC(C3C(C)=CC(F)=CC3C)=NC2SC1(C)CC. The first-order valence-electron chi connectivity index (χ1n) is 8.86. The van der Waals surface area contributed by atoms with E-state index in [1.165, 1.54) is 12.1 Å². The van der Waals surface area contributed by atoms with E-state index in [1.54, 1.807) is 17.7 Å². The number of rotatable bonds is 2. The number of hydrogen-bond acceptors (Lipinski definition) is 2. The number of fused-ring (bicyclic) bond motifs is 1. The van der Waals surface area contributed by atoms with Crippen molar-refractivity contribution in [3.63, 3.8) is 0 Å². The van der Waals surface area contributed by atoms with Crippen molar-refractivity contribution in [1.82, 2.24) is 0 Å². The number of halogens is 1. The summed E-state index contributed by atoms with van der Waals surface area (Å²) < 4.78 is 13.9. The Labute approximate surface area is 144 Å². The summed E-state index contributed by atoms with van der Waals surface area (Å²) in [7, 11) is 0. The van der Waals surface area contributed by atoms with Crippen LogP contribution in [0.1, 0.15) is 53.9 Å². The molecule has 3 heteroatoms. The van der Waals surface area contributed by atoms with E-state index in [4.69, 9.17) is 4.99 Å². The number of allylic oxidation sites excluding steroid dienone is 5. The highest BCUT2D eigenvalue weighted by Gasteiger charge is 2.47. The maximum absolute atomic E-state index is 13.6. The van der Waals surface area contributed by atoms with Crippen molar-refractivity contribution in [2.24, 2.45) is 22.7 Å². The standard InChI is InChI=1S/C20H28FNS/c1-6-16-15-8-9-17(22-19(15)23-20(16,5)7-2)18-12(3)10-14(21)11-13(18)4/h6,10-12,15,18-19H,7-9H2,1-5H3/b16-6-. The molecule has 5 unspecified atom stereocenters. The van der Waals surface area contributed by atoms with Crippen LogP contribution in [0.4, 0.5) is 4.39 Å². The van der Waals surface area contributed by atoms with Crippen molar-refractivity contribution < 1.29 is 4.39 Å². The summed E-state index contributed by atoms with van der Waals surface area (Å²) in [6, 6.07) is 0. The lowest BCUT2D eigenvalue weighted by atomic mass is 9.75. The van der Waals surface area contributed by atoms with Crippen LogP contribution in [0.2, 0.25) is 0 Å². The van der Waals surface area contributed by atoms with Crippen molar-refractivity contribution >= 4 is 17.5 Å². The van der Waals surface area contributed by atoms with Gasteiger partial charge in [0.1, 0.15) is 11.2 Å². The van der Waals surface area contributed by atoms with Crippen molar-refractivity contribution in [1.29, 1.82) is 0 Å². The van der Waals surface area contributed by atoms with Gasteiger partial charge in [-0.05, 0) is 58.1 Å². The fraction of sp³-hybridized carbons (Fsp3) is 0.650. The summed E-state index contributed by atoms with van der Waals surface area (Å²) in [5, 5.41) is 0.352. The summed E-state index contributed by atoms with van der Waals surface area (Å²) in [6.45, 7) is 11.0. The molecule has 3 aliphatic rings. The fourth-order valence-electron chi connectivity index (χ4n) is 4.63. The second-order valence-corrected chi connectivity index (χ2v) is 9.00. The molecule has 0 amide bonds. The highest BCUT2D eigenvalue weighted by Crippen LogP contribution is 2.56. The molecule has 1 saturated heterocycles. The number of thioether (sulfide) groups is 1. The Bertz CT molecular complexity index is 615. The molecule has 1 aliphatic carbocycles. The lowest BCUT2D eigenvalue weighted by Crippen LogP contribution is -2.30. The molecule has 0 N–H and O–H groups in total. The van der Waals surface area contributed by atoms with E-state index < -0.39 is 0 Å². The maximum Gasteiger partial charge on any atom is 0.119 e. The fourth-order valence-corrected chi connectivity index (χ4v) is 6.37. The number of hydrogen-bond donors (Lipinski definition) is 0. The quantitative estimate of drug-likeness (QED) is 0.557. The van der Waals surface area contributed by atoms with Crippen molar-refractivity contribution in [3.05, 3.63) is 35.2 Å². The van der Waals surface area contributed by atoms with Gasteiger partial charge < -0.3 is 0 Å². The smallest absolute Gasteiger partial charge is 0.119 e. The van der Waals surface area contributed by atoms with Crippen LogP contribution in [0.15, 0.2) is 40.2 Å². The minimum atomic E-state index is -0.0921. The summed E-state index contributed by atoms with van der Waals surface area (Å²) in [5.41, 5.74) is 4.01. The molecule has 0 aromatic heterocycles. The van der Waals surface area contributed by atoms with Crippen LogP contribution in [0.5, 0.6) is 0 Å².